The van der Waals surface area contributed by atoms with Crippen molar-refractivity contribution in [3.05, 3.63) is 102 Å². The Bertz CT molecular complexity index is 1780. The minimum Gasteiger partial charge on any atom is -0.508 e. The van der Waals surface area contributed by atoms with Crippen LogP contribution in [0.5, 0.6) is 5.75 Å². The lowest BCUT2D eigenvalue weighted by Gasteiger charge is -2.29. The van der Waals surface area contributed by atoms with Gasteiger partial charge in [-0.2, -0.15) is 13.2 Å². The van der Waals surface area contributed by atoms with Crippen molar-refractivity contribution in [2.75, 3.05) is 6.54 Å². The highest BCUT2D eigenvalue weighted by molar-refractivity contribution is 6.01. The fraction of sp³-hybridized carbons (Fsp3) is 0.385. The number of hydrogen-bond acceptors (Lipinski definition) is 8. The average Bonchev–Trinajstić information content (AvgIpc) is 3.14. The number of carbonyl (C=O) groups excluding carboxylic acids is 5. The van der Waals surface area contributed by atoms with E-state index in [1.54, 1.807) is 12.1 Å². The van der Waals surface area contributed by atoms with E-state index >= 15 is 0 Å². The third kappa shape index (κ3) is 15.0. The SMILES string of the molecule is CC(C)CC1C(=O)NCCC(NC(=O)C(N)Cc2ccc(O)cc2)C(=O)NC(Cc2ccccc2)C(=O)NC(Cc2ccccc2)NC1=O.O=C(O)C(F)(F)F. The van der Waals surface area contributed by atoms with Crippen LogP contribution < -0.4 is 32.3 Å². The molecule has 0 aliphatic carbocycles. The molecule has 0 saturated carbocycles. The lowest BCUT2D eigenvalue weighted by Crippen LogP contribution is -2.60. The molecule has 5 atom stereocenters. The molecule has 5 amide bonds. The Morgan fingerprint density at radius 3 is 1.86 bits per heavy atom. The second kappa shape index (κ2) is 21.2. The molecule has 4 rings (SSSR count). The number of halogens is 3. The Hall–Kier alpha value is -5.97. The van der Waals surface area contributed by atoms with Crippen molar-refractivity contribution in [3.63, 3.8) is 0 Å². The molecule has 0 spiro atoms. The zero-order chi connectivity index (χ0) is 41.4. The summed E-state index contributed by atoms with van der Waals surface area (Å²) in [4.78, 5) is 77.0. The highest BCUT2D eigenvalue weighted by Gasteiger charge is 2.38. The molecule has 0 radical (unpaired) electrons. The molecule has 14 nitrogen and oxygen atoms in total. The number of phenolic OH excluding ortho intramolecular Hbond substituents is 1. The molecular weight excluding hydrogens is 737 g/mol. The Morgan fingerprint density at radius 1 is 0.786 bits per heavy atom. The van der Waals surface area contributed by atoms with Gasteiger partial charge in [-0.3, -0.25) is 24.0 Å². The number of nitrogens with one attached hydrogen (secondary N) is 5. The Balaban J connectivity index is 0.00000109. The van der Waals surface area contributed by atoms with Gasteiger partial charge in [0.2, 0.25) is 29.5 Å². The summed E-state index contributed by atoms with van der Waals surface area (Å²) in [6, 6.07) is 21.5. The Kier molecular flexibility index (Phi) is 16.8. The van der Waals surface area contributed by atoms with Crippen LogP contribution in [0.3, 0.4) is 0 Å². The van der Waals surface area contributed by atoms with E-state index in [1.165, 1.54) is 12.1 Å². The number of aliphatic carboxylic acids is 1. The van der Waals surface area contributed by atoms with E-state index in [1.807, 2.05) is 74.5 Å². The molecule has 302 valence electrons. The number of amides is 5. The summed E-state index contributed by atoms with van der Waals surface area (Å²) >= 11 is 0. The molecule has 0 aromatic heterocycles. The number of carbonyl (C=O) groups is 6. The summed E-state index contributed by atoms with van der Waals surface area (Å²) in [6.45, 7) is 3.77. The highest BCUT2D eigenvalue weighted by atomic mass is 19.4. The number of hydrogen-bond donors (Lipinski definition) is 8. The van der Waals surface area contributed by atoms with E-state index in [0.717, 1.165) is 11.1 Å². The summed E-state index contributed by atoms with van der Waals surface area (Å²) in [6.07, 6.45) is -5.23. The fourth-order valence-corrected chi connectivity index (χ4v) is 5.66. The van der Waals surface area contributed by atoms with Gasteiger partial charge in [0.05, 0.1) is 6.04 Å². The second-order valence-corrected chi connectivity index (χ2v) is 13.6. The number of carboxylic acid groups (broad SMARTS) is 1. The van der Waals surface area contributed by atoms with Gasteiger partial charge in [-0.05, 0) is 54.0 Å². The topological polar surface area (TPSA) is 229 Å². The van der Waals surface area contributed by atoms with Crippen LogP contribution in [0.4, 0.5) is 13.2 Å². The van der Waals surface area contributed by atoms with Gasteiger partial charge in [0.1, 0.15) is 29.9 Å². The maximum Gasteiger partial charge on any atom is 0.490 e. The van der Waals surface area contributed by atoms with Gasteiger partial charge < -0.3 is 42.5 Å². The largest absolute Gasteiger partial charge is 0.508 e. The van der Waals surface area contributed by atoms with E-state index in [9.17, 15) is 42.3 Å². The number of benzene rings is 3. The summed E-state index contributed by atoms with van der Waals surface area (Å²) < 4.78 is 31.7. The lowest BCUT2D eigenvalue weighted by molar-refractivity contribution is -0.192. The van der Waals surface area contributed by atoms with Crippen LogP contribution in [0, 0.1) is 11.8 Å². The van der Waals surface area contributed by atoms with Gasteiger partial charge in [-0.15, -0.1) is 0 Å². The standard InChI is InChI=1S/C37H46N6O6.C2HF3O2/c1-23(2)19-28-33(45)39-18-17-30(40-35(47)29(38)20-26-13-15-27(44)16-14-26)36(48)41-31(21-24-9-5-3-6-10-24)37(49)43-32(42-34(28)46)22-25-11-7-4-8-12-25;3-2(4,5)1(6)7/h3-16,23,28-32,44H,17-22,38H2,1-2H3,(H,39,45)(H,40,47)(H,41,48)(H,42,46)(H,43,49);(H,6,7). The summed E-state index contributed by atoms with van der Waals surface area (Å²) in [5.41, 5.74) is 8.54. The van der Waals surface area contributed by atoms with Gasteiger partial charge in [-0.1, -0.05) is 86.6 Å². The van der Waals surface area contributed by atoms with Crippen molar-refractivity contribution in [2.24, 2.45) is 17.6 Å². The first-order valence-corrected chi connectivity index (χ1v) is 17.8. The quantitative estimate of drug-likeness (QED) is 0.141. The minimum atomic E-state index is -5.08. The van der Waals surface area contributed by atoms with Crippen LogP contribution in [-0.4, -0.2) is 82.7 Å². The van der Waals surface area contributed by atoms with E-state index in [0.29, 0.717) is 5.56 Å². The predicted molar refractivity (Wildman–Crippen MR) is 198 cm³/mol. The molecule has 1 fully saturated rings. The van der Waals surface area contributed by atoms with Crippen molar-refractivity contribution < 1.29 is 52.2 Å². The van der Waals surface area contributed by atoms with Gasteiger partial charge in [0, 0.05) is 19.4 Å². The number of alkyl halides is 3. The number of carboxylic acids is 1. The van der Waals surface area contributed by atoms with Crippen molar-refractivity contribution in [2.45, 2.75) is 76.4 Å². The second-order valence-electron chi connectivity index (χ2n) is 13.6. The first-order chi connectivity index (χ1) is 26.4. The highest BCUT2D eigenvalue weighted by Crippen LogP contribution is 2.16. The van der Waals surface area contributed by atoms with Crippen molar-refractivity contribution in [1.82, 2.24) is 26.6 Å². The molecule has 5 unspecified atom stereocenters. The molecule has 9 N–H and O–H groups in total. The van der Waals surface area contributed by atoms with Crippen molar-refractivity contribution >= 4 is 35.5 Å². The molecule has 1 aliphatic heterocycles. The van der Waals surface area contributed by atoms with Crippen LogP contribution in [0.15, 0.2) is 84.9 Å². The van der Waals surface area contributed by atoms with Crippen LogP contribution in [-0.2, 0) is 48.0 Å². The molecule has 3 aromatic carbocycles. The molecular formula is C39H47F3N6O8. The predicted octanol–water partition coefficient (Wildman–Crippen LogP) is 2.09. The van der Waals surface area contributed by atoms with Crippen LogP contribution >= 0.6 is 0 Å². The molecule has 17 heteroatoms. The van der Waals surface area contributed by atoms with Crippen molar-refractivity contribution in [3.8, 4) is 5.75 Å². The average molecular weight is 785 g/mol. The maximum absolute atomic E-state index is 13.9. The molecule has 3 aromatic rings. The first kappa shape index (κ1) is 44.4. The van der Waals surface area contributed by atoms with Crippen LogP contribution in [0.2, 0.25) is 0 Å². The zero-order valence-corrected chi connectivity index (χ0v) is 30.8. The number of aromatic hydroxyl groups is 1. The summed E-state index contributed by atoms with van der Waals surface area (Å²) in [5.74, 6) is -6.57. The normalized spacial score (nSPS) is 20.1. The molecule has 0 bridgehead atoms. The van der Waals surface area contributed by atoms with E-state index in [2.05, 4.69) is 26.6 Å². The summed E-state index contributed by atoms with van der Waals surface area (Å²) in [7, 11) is 0. The van der Waals surface area contributed by atoms with Gasteiger partial charge in [0.15, 0.2) is 0 Å². The number of rotatable bonds is 10. The maximum atomic E-state index is 13.9. The van der Waals surface area contributed by atoms with Gasteiger partial charge in [-0.25, -0.2) is 4.79 Å². The molecule has 1 heterocycles. The zero-order valence-electron chi connectivity index (χ0n) is 30.8. The molecule has 56 heavy (non-hydrogen) atoms. The fourth-order valence-electron chi connectivity index (χ4n) is 5.66. The van der Waals surface area contributed by atoms with Gasteiger partial charge in [0.25, 0.3) is 0 Å². The monoisotopic (exact) mass is 784 g/mol. The third-order valence-electron chi connectivity index (χ3n) is 8.51. The van der Waals surface area contributed by atoms with Crippen LogP contribution in [0.1, 0.15) is 43.4 Å². The first-order valence-electron chi connectivity index (χ1n) is 17.8. The molecule has 1 aliphatic rings. The Labute approximate surface area is 321 Å². The Morgan fingerprint density at radius 2 is 1.32 bits per heavy atom. The van der Waals surface area contributed by atoms with E-state index in [-0.39, 0.29) is 50.3 Å². The minimum absolute atomic E-state index is 0.00526. The van der Waals surface area contributed by atoms with E-state index in [4.69, 9.17) is 15.6 Å². The van der Waals surface area contributed by atoms with E-state index < -0.39 is 71.9 Å². The number of nitrogens with two attached hydrogens (primary N) is 1. The molecule has 1 saturated heterocycles. The summed E-state index contributed by atoms with van der Waals surface area (Å²) in [5, 5.41) is 30.7. The van der Waals surface area contributed by atoms with Gasteiger partial charge >= 0.3 is 12.1 Å². The smallest absolute Gasteiger partial charge is 0.490 e. The number of phenols is 1. The lowest BCUT2D eigenvalue weighted by atomic mass is 9.94. The third-order valence-corrected chi connectivity index (χ3v) is 8.51. The van der Waals surface area contributed by atoms with Crippen LogP contribution in [0.25, 0.3) is 0 Å². The van der Waals surface area contributed by atoms with Crippen molar-refractivity contribution in [1.29, 1.82) is 0 Å².